The fourth-order valence-corrected chi connectivity index (χ4v) is 2.20. The summed E-state index contributed by atoms with van der Waals surface area (Å²) in [5.41, 5.74) is 1.61. The molecule has 1 N–H and O–H groups in total. The Morgan fingerprint density at radius 3 is 2.81 bits per heavy atom. The number of aromatic nitrogens is 2. The van der Waals surface area contributed by atoms with Crippen LogP contribution in [0.25, 0.3) is 22.4 Å². The average Bonchev–Trinajstić information content (AvgIpc) is 2.92. The van der Waals surface area contributed by atoms with Crippen molar-refractivity contribution < 1.29 is 9.15 Å². The van der Waals surface area contributed by atoms with Crippen LogP contribution in [0.3, 0.4) is 0 Å². The van der Waals surface area contributed by atoms with Crippen LogP contribution < -0.4 is 5.32 Å². The number of para-hydroxylation sites is 1. The Morgan fingerprint density at radius 2 is 2.05 bits per heavy atom. The lowest BCUT2D eigenvalue weighted by Gasteiger charge is -2.07. The van der Waals surface area contributed by atoms with Crippen LogP contribution in [0.15, 0.2) is 40.8 Å². The Hall–Kier alpha value is -2.40. The zero-order chi connectivity index (χ0) is 14.7. The van der Waals surface area contributed by atoms with Gasteiger partial charge in [-0.1, -0.05) is 18.2 Å². The van der Waals surface area contributed by atoms with Crippen LogP contribution in [0, 0.1) is 0 Å². The number of furan rings is 1. The molecule has 0 saturated heterocycles. The second kappa shape index (κ2) is 5.93. The molecule has 0 radical (unpaired) electrons. The molecule has 21 heavy (non-hydrogen) atoms. The van der Waals surface area contributed by atoms with Gasteiger partial charge in [-0.3, -0.25) is 0 Å². The largest absolute Gasteiger partial charge is 0.454 e. The van der Waals surface area contributed by atoms with E-state index < -0.39 is 0 Å². The van der Waals surface area contributed by atoms with Crippen molar-refractivity contribution in [2.75, 3.05) is 19.0 Å². The van der Waals surface area contributed by atoms with E-state index in [0.29, 0.717) is 12.4 Å². The molecule has 3 aromatic rings. The Labute approximate surface area is 123 Å². The number of nitrogens with zero attached hydrogens (tertiary/aromatic N) is 2. The molecule has 0 fully saturated rings. The van der Waals surface area contributed by atoms with Crippen molar-refractivity contribution in [2.24, 2.45) is 0 Å². The zero-order valence-corrected chi connectivity index (χ0v) is 12.1. The lowest BCUT2D eigenvalue weighted by Crippen LogP contribution is -2.05. The molecular formula is C16H17N3O2. The summed E-state index contributed by atoms with van der Waals surface area (Å²) in [6.07, 6.45) is 0. The van der Waals surface area contributed by atoms with Crippen molar-refractivity contribution >= 4 is 16.8 Å². The van der Waals surface area contributed by atoms with Crippen molar-refractivity contribution in [1.82, 2.24) is 9.97 Å². The molecule has 0 bridgehead atoms. The summed E-state index contributed by atoms with van der Waals surface area (Å²) in [4.78, 5) is 8.90. The summed E-state index contributed by atoms with van der Waals surface area (Å²) in [5, 5.41) is 4.26. The van der Waals surface area contributed by atoms with Gasteiger partial charge in [0.25, 0.3) is 0 Å². The first-order valence-corrected chi connectivity index (χ1v) is 6.90. The number of rotatable bonds is 5. The smallest absolute Gasteiger partial charge is 0.157 e. The van der Waals surface area contributed by atoms with Gasteiger partial charge in [0.05, 0.1) is 0 Å². The quantitative estimate of drug-likeness (QED) is 0.777. The number of fused-ring (bicyclic) bond motifs is 1. The third kappa shape index (κ3) is 2.87. The van der Waals surface area contributed by atoms with Gasteiger partial charge in [-0.25, -0.2) is 9.97 Å². The maximum absolute atomic E-state index is 5.86. The van der Waals surface area contributed by atoms with E-state index in [1.165, 1.54) is 0 Å². The Morgan fingerprint density at radius 1 is 1.19 bits per heavy atom. The van der Waals surface area contributed by atoms with Crippen LogP contribution in [0.1, 0.15) is 12.7 Å². The first-order valence-electron chi connectivity index (χ1n) is 6.90. The molecule has 5 heteroatoms. The summed E-state index contributed by atoms with van der Waals surface area (Å²) in [6.45, 7) is 3.19. The van der Waals surface area contributed by atoms with E-state index in [2.05, 4.69) is 15.3 Å². The number of ether oxygens (including phenoxy) is 1. The maximum Gasteiger partial charge on any atom is 0.157 e. The van der Waals surface area contributed by atoms with E-state index in [9.17, 15) is 0 Å². The summed E-state index contributed by atoms with van der Waals surface area (Å²) in [6, 6.07) is 11.8. The number of hydrogen-bond acceptors (Lipinski definition) is 5. The lowest BCUT2D eigenvalue weighted by molar-refractivity contribution is 0.178. The molecule has 0 saturated carbocycles. The highest BCUT2D eigenvalue weighted by molar-refractivity contribution is 5.82. The molecule has 0 amide bonds. The lowest BCUT2D eigenvalue weighted by atomic mass is 10.2. The van der Waals surface area contributed by atoms with Gasteiger partial charge in [-0.05, 0) is 19.1 Å². The van der Waals surface area contributed by atoms with Gasteiger partial charge < -0.3 is 14.5 Å². The molecule has 2 aromatic heterocycles. The molecule has 0 aliphatic rings. The van der Waals surface area contributed by atoms with Gasteiger partial charge in [-0.2, -0.15) is 0 Å². The van der Waals surface area contributed by atoms with Gasteiger partial charge in [-0.15, -0.1) is 0 Å². The number of methoxy groups -OCH3 is 1. The van der Waals surface area contributed by atoms with Crippen LogP contribution in [-0.4, -0.2) is 23.6 Å². The molecule has 3 rings (SSSR count). The molecule has 0 aliphatic carbocycles. The average molecular weight is 283 g/mol. The molecule has 0 atom stereocenters. The van der Waals surface area contributed by atoms with E-state index in [0.717, 1.165) is 34.8 Å². The second-order valence-electron chi connectivity index (χ2n) is 4.67. The summed E-state index contributed by atoms with van der Waals surface area (Å²) >= 11 is 0. The highest BCUT2D eigenvalue weighted by Gasteiger charge is 2.11. The van der Waals surface area contributed by atoms with Crippen LogP contribution in [0.5, 0.6) is 0 Å². The van der Waals surface area contributed by atoms with Gasteiger partial charge in [0.15, 0.2) is 11.6 Å². The Bertz CT molecular complexity index is 695. The second-order valence-corrected chi connectivity index (χ2v) is 4.67. The third-order valence-electron chi connectivity index (χ3n) is 3.08. The normalized spacial score (nSPS) is 11.0. The van der Waals surface area contributed by atoms with Gasteiger partial charge in [0, 0.05) is 25.1 Å². The number of hydrogen-bond donors (Lipinski definition) is 1. The maximum atomic E-state index is 5.86. The van der Waals surface area contributed by atoms with Crippen LogP contribution in [0.2, 0.25) is 0 Å². The predicted octanol–water partition coefficient (Wildman–Crippen LogP) is 3.47. The number of benzene rings is 1. The standard InChI is InChI=1S/C16H17N3O2/c1-3-17-15-9-12(18-16(19-15)10-20-2)14-8-11-6-4-5-7-13(11)21-14/h4-9H,3,10H2,1-2H3,(H,17,18,19). The van der Waals surface area contributed by atoms with E-state index in [1.54, 1.807) is 7.11 Å². The van der Waals surface area contributed by atoms with Crippen molar-refractivity contribution in [3.8, 4) is 11.5 Å². The Kier molecular flexibility index (Phi) is 3.83. The van der Waals surface area contributed by atoms with Gasteiger partial charge in [0.2, 0.25) is 0 Å². The molecular weight excluding hydrogens is 266 g/mol. The summed E-state index contributed by atoms with van der Waals surface area (Å²) in [7, 11) is 1.63. The highest BCUT2D eigenvalue weighted by Crippen LogP contribution is 2.27. The van der Waals surface area contributed by atoms with Gasteiger partial charge >= 0.3 is 0 Å². The molecule has 0 unspecified atom stereocenters. The van der Waals surface area contributed by atoms with Crippen molar-refractivity contribution in [3.05, 3.63) is 42.2 Å². The first kappa shape index (κ1) is 13.6. The van der Waals surface area contributed by atoms with E-state index >= 15 is 0 Å². The summed E-state index contributed by atoms with van der Waals surface area (Å²) < 4.78 is 11.0. The minimum absolute atomic E-state index is 0.368. The number of nitrogens with one attached hydrogen (secondary N) is 1. The van der Waals surface area contributed by atoms with E-state index in [-0.39, 0.29) is 0 Å². The number of anilines is 1. The monoisotopic (exact) mass is 283 g/mol. The molecule has 0 aliphatic heterocycles. The van der Waals surface area contributed by atoms with Crippen LogP contribution >= 0.6 is 0 Å². The van der Waals surface area contributed by atoms with E-state index in [1.807, 2.05) is 43.3 Å². The van der Waals surface area contributed by atoms with Crippen LogP contribution in [-0.2, 0) is 11.3 Å². The van der Waals surface area contributed by atoms with Crippen molar-refractivity contribution in [2.45, 2.75) is 13.5 Å². The van der Waals surface area contributed by atoms with Crippen molar-refractivity contribution in [1.29, 1.82) is 0 Å². The fraction of sp³-hybridized carbons (Fsp3) is 0.250. The highest BCUT2D eigenvalue weighted by atomic mass is 16.5. The minimum Gasteiger partial charge on any atom is -0.454 e. The summed E-state index contributed by atoms with van der Waals surface area (Å²) in [5.74, 6) is 2.14. The minimum atomic E-state index is 0.368. The molecule has 108 valence electrons. The molecule has 5 nitrogen and oxygen atoms in total. The van der Waals surface area contributed by atoms with E-state index in [4.69, 9.17) is 9.15 Å². The zero-order valence-electron chi connectivity index (χ0n) is 12.1. The Balaban J connectivity index is 2.06. The molecule has 1 aromatic carbocycles. The molecule has 0 spiro atoms. The predicted molar refractivity (Wildman–Crippen MR) is 82.1 cm³/mol. The van der Waals surface area contributed by atoms with Crippen molar-refractivity contribution in [3.63, 3.8) is 0 Å². The van der Waals surface area contributed by atoms with Crippen LogP contribution in [0.4, 0.5) is 5.82 Å². The SMILES string of the molecule is CCNc1cc(-c2cc3ccccc3o2)nc(COC)n1. The topological polar surface area (TPSA) is 60.2 Å². The fourth-order valence-electron chi connectivity index (χ4n) is 2.20. The third-order valence-corrected chi connectivity index (χ3v) is 3.08. The first-order chi connectivity index (χ1) is 10.3. The molecule has 2 heterocycles. The van der Waals surface area contributed by atoms with Gasteiger partial charge in [0.1, 0.15) is 23.7 Å².